The van der Waals surface area contributed by atoms with Crippen molar-refractivity contribution in [2.75, 3.05) is 13.1 Å². The zero-order chi connectivity index (χ0) is 15.4. The molecule has 0 unspecified atom stereocenters. The normalized spacial score (nSPS) is 10.6. The Balaban J connectivity index is 2.08. The van der Waals surface area contributed by atoms with E-state index in [0.29, 0.717) is 25.1 Å². The molecule has 0 spiro atoms. The number of carbonyl (C=O) groups excluding carboxylic acids is 1. The second-order valence-electron chi connectivity index (χ2n) is 4.49. The molecule has 0 aliphatic rings. The van der Waals surface area contributed by atoms with Gasteiger partial charge in [-0.15, -0.1) is 11.3 Å². The highest BCUT2D eigenvalue weighted by Crippen LogP contribution is 2.17. The van der Waals surface area contributed by atoms with Gasteiger partial charge in [0.25, 0.3) is 5.91 Å². The first-order valence-corrected chi connectivity index (χ1v) is 7.42. The molecule has 0 aliphatic carbocycles. The van der Waals surface area contributed by atoms with Crippen LogP contribution in [0.1, 0.15) is 38.6 Å². The lowest BCUT2D eigenvalue weighted by Gasteiger charge is -2.18. The molecule has 2 heterocycles. The maximum absolute atomic E-state index is 12.3. The van der Waals surface area contributed by atoms with Crippen molar-refractivity contribution in [2.24, 2.45) is 0 Å². The van der Waals surface area contributed by atoms with E-state index in [0.717, 1.165) is 5.01 Å². The van der Waals surface area contributed by atoms with Gasteiger partial charge in [-0.2, -0.15) is 0 Å². The summed E-state index contributed by atoms with van der Waals surface area (Å²) in [5.41, 5.74) is 0.446. The number of thiazole rings is 1. The summed E-state index contributed by atoms with van der Waals surface area (Å²) in [6, 6.07) is 1.47. The summed E-state index contributed by atoms with van der Waals surface area (Å²) in [6.07, 6.45) is 2.40. The van der Waals surface area contributed by atoms with E-state index in [4.69, 9.17) is 9.52 Å². The van der Waals surface area contributed by atoms with E-state index in [-0.39, 0.29) is 17.4 Å². The van der Waals surface area contributed by atoms with E-state index in [1.807, 2.05) is 12.3 Å². The highest BCUT2D eigenvalue weighted by Gasteiger charge is 2.22. The number of aromatic carboxylic acids is 1. The fourth-order valence-corrected chi connectivity index (χ4v) is 2.58. The van der Waals surface area contributed by atoms with Crippen LogP contribution in [0.3, 0.4) is 0 Å². The quantitative estimate of drug-likeness (QED) is 0.886. The van der Waals surface area contributed by atoms with Crippen LogP contribution < -0.4 is 0 Å². The highest BCUT2D eigenvalue weighted by atomic mass is 32.1. The minimum absolute atomic E-state index is 0.0610. The van der Waals surface area contributed by atoms with Crippen molar-refractivity contribution in [3.63, 3.8) is 0 Å². The number of carbonyl (C=O) groups is 2. The van der Waals surface area contributed by atoms with Crippen molar-refractivity contribution >= 4 is 23.2 Å². The molecule has 0 bridgehead atoms. The molecular weight excluding hydrogens is 292 g/mol. The van der Waals surface area contributed by atoms with Crippen molar-refractivity contribution in [3.8, 4) is 0 Å². The fraction of sp³-hybridized carbons (Fsp3) is 0.357. The zero-order valence-electron chi connectivity index (χ0n) is 11.8. The predicted octanol–water partition coefficient (Wildman–Crippen LogP) is 2.45. The standard InChI is InChI=1S/C14H16N2O4S/c1-3-16(6-4-11-15-5-7-21-11)13(17)10-8-9(2)12(20-10)14(18)19/h5,7-8H,3-4,6H2,1-2H3,(H,18,19). The van der Waals surface area contributed by atoms with Gasteiger partial charge in [0.2, 0.25) is 5.76 Å². The summed E-state index contributed by atoms with van der Waals surface area (Å²) >= 11 is 1.54. The van der Waals surface area contributed by atoms with Crippen molar-refractivity contribution in [2.45, 2.75) is 20.3 Å². The van der Waals surface area contributed by atoms with Crippen molar-refractivity contribution in [1.29, 1.82) is 0 Å². The number of aromatic nitrogens is 1. The van der Waals surface area contributed by atoms with Crippen LogP contribution in [-0.2, 0) is 6.42 Å². The molecule has 0 fully saturated rings. The molecule has 7 heteroatoms. The number of nitrogens with zero attached hydrogens (tertiary/aromatic N) is 2. The van der Waals surface area contributed by atoms with Crippen molar-refractivity contribution in [1.82, 2.24) is 9.88 Å². The molecule has 0 atom stereocenters. The van der Waals surface area contributed by atoms with Gasteiger partial charge in [0.1, 0.15) is 0 Å². The van der Waals surface area contributed by atoms with Crippen LogP contribution in [0.15, 0.2) is 22.1 Å². The van der Waals surface area contributed by atoms with Crippen LogP contribution in [0.5, 0.6) is 0 Å². The lowest BCUT2D eigenvalue weighted by molar-refractivity contribution is 0.0650. The summed E-state index contributed by atoms with van der Waals surface area (Å²) in [5.74, 6) is -1.60. The Labute approximate surface area is 126 Å². The van der Waals surface area contributed by atoms with E-state index in [9.17, 15) is 9.59 Å². The van der Waals surface area contributed by atoms with Gasteiger partial charge in [-0.25, -0.2) is 9.78 Å². The first kappa shape index (κ1) is 15.2. The van der Waals surface area contributed by atoms with E-state index < -0.39 is 5.97 Å². The lowest BCUT2D eigenvalue weighted by atomic mass is 10.2. The number of carboxylic acid groups (broad SMARTS) is 1. The van der Waals surface area contributed by atoms with Crippen LogP contribution in [0.2, 0.25) is 0 Å². The molecule has 1 amide bonds. The van der Waals surface area contributed by atoms with Crippen LogP contribution in [0.25, 0.3) is 0 Å². The van der Waals surface area contributed by atoms with Crippen LogP contribution in [-0.4, -0.2) is 40.0 Å². The number of amides is 1. The Morgan fingerprint density at radius 1 is 1.48 bits per heavy atom. The summed E-state index contributed by atoms with van der Waals surface area (Å²) in [4.78, 5) is 29.1. The summed E-state index contributed by atoms with van der Waals surface area (Å²) in [7, 11) is 0. The van der Waals surface area contributed by atoms with E-state index in [2.05, 4.69) is 4.98 Å². The van der Waals surface area contributed by atoms with Gasteiger partial charge in [0, 0.05) is 36.7 Å². The maximum atomic E-state index is 12.3. The van der Waals surface area contributed by atoms with E-state index in [1.54, 1.807) is 29.4 Å². The molecule has 21 heavy (non-hydrogen) atoms. The molecule has 1 N–H and O–H groups in total. The van der Waals surface area contributed by atoms with Crippen LogP contribution in [0.4, 0.5) is 0 Å². The first-order valence-electron chi connectivity index (χ1n) is 6.54. The molecule has 2 aromatic rings. The third-order valence-electron chi connectivity index (χ3n) is 3.07. The summed E-state index contributed by atoms with van der Waals surface area (Å²) in [6.45, 7) is 4.51. The van der Waals surface area contributed by atoms with Gasteiger partial charge in [0.05, 0.1) is 5.01 Å². The molecule has 0 aliphatic heterocycles. The first-order chi connectivity index (χ1) is 10.0. The number of carboxylic acids is 1. The second-order valence-corrected chi connectivity index (χ2v) is 5.47. The van der Waals surface area contributed by atoms with Gasteiger partial charge >= 0.3 is 5.97 Å². The number of hydrogen-bond donors (Lipinski definition) is 1. The van der Waals surface area contributed by atoms with Crippen molar-refractivity contribution in [3.05, 3.63) is 39.7 Å². The summed E-state index contributed by atoms with van der Waals surface area (Å²) in [5, 5.41) is 11.8. The van der Waals surface area contributed by atoms with Crippen LogP contribution in [0, 0.1) is 6.92 Å². The topological polar surface area (TPSA) is 83.6 Å². The molecule has 112 valence electrons. The lowest BCUT2D eigenvalue weighted by Crippen LogP contribution is -2.32. The number of rotatable bonds is 6. The third-order valence-corrected chi connectivity index (χ3v) is 3.91. The number of aryl methyl sites for hydroxylation is 1. The molecule has 0 aromatic carbocycles. The van der Waals surface area contributed by atoms with Crippen molar-refractivity contribution < 1.29 is 19.1 Å². The minimum atomic E-state index is -1.17. The largest absolute Gasteiger partial charge is 0.475 e. The van der Waals surface area contributed by atoms with Gasteiger partial charge < -0.3 is 14.4 Å². The molecule has 6 nitrogen and oxygen atoms in total. The Hall–Kier alpha value is -2.15. The van der Waals surface area contributed by atoms with Gasteiger partial charge in [-0.05, 0) is 19.9 Å². The smallest absolute Gasteiger partial charge is 0.372 e. The van der Waals surface area contributed by atoms with Gasteiger partial charge in [0.15, 0.2) is 5.76 Å². The van der Waals surface area contributed by atoms with E-state index in [1.165, 1.54) is 6.07 Å². The Morgan fingerprint density at radius 3 is 2.76 bits per heavy atom. The molecule has 2 rings (SSSR count). The number of likely N-dealkylation sites (N-methyl/N-ethyl adjacent to an activating group) is 1. The predicted molar refractivity (Wildman–Crippen MR) is 77.8 cm³/mol. The molecule has 2 aromatic heterocycles. The molecule has 0 saturated heterocycles. The Kier molecular flexibility index (Phi) is 4.74. The third kappa shape index (κ3) is 3.49. The van der Waals surface area contributed by atoms with Crippen LogP contribution >= 0.6 is 11.3 Å². The Morgan fingerprint density at radius 2 is 2.24 bits per heavy atom. The number of furan rings is 1. The summed E-state index contributed by atoms with van der Waals surface area (Å²) < 4.78 is 5.15. The monoisotopic (exact) mass is 308 g/mol. The maximum Gasteiger partial charge on any atom is 0.372 e. The minimum Gasteiger partial charge on any atom is -0.475 e. The SMILES string of the molecule is CCN(CCc1nccs1)C(=O)c1cc(C)c(C(=O)O)o1. The average Bonchev–Trinajstić information content (AvgIpc) is 3.08. The zero-order valence-corrected chi connectivity index (χ0v) is 12.6. The average molecular weight is 308 g/mol. The van der Waals surface area contributed by atoms with E-state index >= 15 is 0 Å². The second kappa shape index (κ2) is 6.53. The Bertz CT molecular complexity index is 633. The van der Waals surface area contributed by atoms with Gasteiger partial charge in [-0.1, -0.05) is 0 Å². The molecule has 0 saturated carbocycles. The highest BCUT2D eigenvalue weighted by molar-refractivity contribution is 7.09. The number of hydrogen-bond acceptors (Lipinski definition) is 5. The molecule has 0 radical (unpaired) electrons. The fourth-order valence-electron chi connectivity index (χ4n) is 1.97. The van der Waals surface area contributed by atoms with Gasteiger partial charge in [-0.3, -0.25) is 4.79 Å². The molecular formula is C14H16N2O4S.